The standard InChI is InChI=1S/C14H15N3O4S/c1-9-6-10(17-21-9)8-22-13-11(4-3-5-16-13)14(19)20-7-12(18)15-2/h3-6H,7-8H2,1-2H3,(H,15,18). The van der Waals surface area contributed by atoms with Crippen LogP contribution in [0.3, 0.4) is 0 Å². The van der Waals surface area contributed by atoms with Crippen molar-refractivity contribution in [3.63, 3.8) is 0 Å². The Kier molecular flexibility index (Phi) is 5.54. The molecule has 0 saturated heterocycles. The molecular formula is C14H15N3O4S. The molecule has 0 aliphatic rings. The summed E-state index contributed by atoms with van der Waals surface area (Å²) in [6.45, 7) is 1.49. The minimum absolute atomic E-state index is 0.316. The number of likely N-dealkylation sites (N-methyl/N-ethyl adjacent to an activating group) is 1. The first kappa shape index (κ1) is 16.0. The lowest BCUT2D eigenvalue weighted by Gasteiger charge is -2.07. The lowest BCUT2D eigenvalue weighted by Crippen LogP contribution is -2.25. The first-order chi connectivity index (χ1) is 10.6. The van der Waals surface area contributed by atoms with E-state index in [0.717, 1.165) is 11.5 Å². The molecule has 0 spiro atoms. The number of pyridine rings is 1. The summed E-state index contributed by atoms with van der Waals surface area (Å²) in [5, 5.41) is 6.78. The Morgan fingerprint density at radius 1 is 1.45 bits per heavy atom. The summed E-state index contributed by atoms with van der Waals surface area (Å²) >= 11 is 1.35. The van der Waals surface area contributed by atoms with Gasteiger partial charge in [0.1, 0.15) is 10.8 Å². The van der Waals surface area contributed by atoms with Gasteiger partial charge in [-0.15, -0.1) is 0 Å². The molecule has 0 fully saturated rings. The number of nitrogens with one attached hydrogen (secondary N) is 1. The first-order valence-electron chi connectivity index (χ1n) is 6.48. The van der Waals surface area contributed by atoms with Crippen molar-refractivity contribution in [1.82, 2.24) is 15.5 Å². The molecule has 8 heteroatoms. The second-order valence-corrected chi connectivity index (χ2v) is 5.29. The van der Waals surface area contributed by atoms with Gasteiger partial charge in [0.15, 0.2) is 6.61 Å². The number of rotatable bonds is 6. The molecule has 1 N–H and O–H groups in total. The minimum Gasteiger partial charge on any atom is -0.452 e. The van der Waals surface area contributed by atoms with E-state index in [1.807, 2.05) is 13.0 Å². The number of hydrogen-bond acceptors (Lipinski definition) is 7. The molecule has 2 aromatic rings. The summed E-state index contributed by atoms with van der Waals surface area (Å²) in [4.78, 5) is 27.3. The fraction of sp³-hybridized carbons (Fsp3) is 0.286. The second kappa shape index (κ2) is 7.60. The summed E-state index contributed by atoms with van der Waals surface area (Å²) < 4.78 is 9.93. The highest BCUT2D eigenvalue weighted by atomic mass is 32.2. The Hall–Kier alpha value is -2.35. The molecule has 116 valence electrons. The van der Waals surface area contributed by atoms with E-state index in [2.05, 4.69) is 15.5 Å². The van der Waals surface area contributed by atoms with E-state index >= 15 is 0 Å². The Morgan fingerprint density at radius 3 is 2.95 bits per heavy atom. The van der Waals surface area contributed by atoms with Crippen LogP contribution < -0.4 is 5.32 Å². The van der Waals surface area contributed by atoms with E-state index in [-0.39, 0.29) is 12.5 Å². The monoisotopic (exact) mass is 321 g/mol. The van der Waals surface area contributed by atoms with Gasteiger partial charge in [-0.2, -0.15) is 0 Å². The summed E-state index contributed by atoms with van der Waals surface area (Å²) in [5.41, 5.74) is 1.08. The smallest absolute Gasteiger partial charge is 0.341 e. The van der Waals surface area contributed by atoms with Crippen molar-refractivity contribution in [1.29, 1.82) is 0 Å². The maximum Gasteiger partial charge on any atom is 0.341 e. The molecule has 0 radical (unpaired) electrons. The van der Waals surface area contributed by atoms with Crippen LogP contribution in [0.4, 0.5) is 0 Å². The van der Waals surface area contributed by atoms with Gasteiger partial charge in [-0.1, -0.05) is 16.9 Å². The van der Waals surface area contributed by atoms with E-state index in [1.165, 1.54) is 18.8 Å². The third-order valence-corrected chi connectivity index (χ3v) is 3.68. The topological polar surface area (TPSA) is 94.3 Å². The van der Waals surface area contributed by atoms with Crippen LogP contribution in [0.2, 0.25) is 0 Å². The van der Waals surface area contributed by atoms with Crippen LogP contribution in [-0.4, -0.2) is 35.7 Å². The quantitative estimate of drug-likeness (QED) is 0.637. The third kappa shape index (κ3) is 4.32. The van der Waals surface area contributed by atoms with Crippen molar-refractivity contribution >= 4 is 23.6 Å². The van der Waals surface area contributed by atoms with E-state index in [0.29, 0.717) is 16.3 Å². The largest absolute Gasteiger partial charge is 0.452 e. The van der Waals surface area contributed by atoms with Crippen LogP contribution in [-0.2, 0) is 15.3 Å². The van der Waals surface area contributed by atoms with Crippen molar-refractivity contribution in [3.8, 4) is 0 Å². The van der Waals surface area contributed by atoms with Gasteiger partial charge in [0, 0.05) is 25.1 Å². The molecule has 7 nitrogen and oxygen atoms in total. The number of amides is 1. The van der Waals surface area contributed by atoms with Gasteiger partial charge in [-0.3, -0.25) is 4.79 Å². The van der Waals surface area contributed by atoms with Crippen molar-refractivity contribution < 1.29 is 18.8 Å². The number of aromatic nitrogens is 2. The number of ether oxygens (including phenoxy) is 1. The number of thioether (sulfide) groups is 1. The van der Waals surface area contributed by atoms with Gasteiger partial charge in [0.25, 0.3) is 5.91 Å². The molecule has 0 aliphatic carbocycles. The maximum absolute atomic E-state index is 12.0. The molecule has 1 amide bonds. The van der Waals surface area contributed by atoms with Crippen molar-refractivity contribution in [2.45, 2.75) is 17.7 Å². The Balaban J connectivity index is 2.02. The van der Waals surface area contributed by atoms with Gasteiger partial charge in [0.05, 0.1) is 11.3 Å². The van der Waals surface area contributed by atoms with Crippen molar-refractivity contribution in [2.75, 3.05) is 13.7 Å². The molecule has 0 aliphatic heterocycles. The van der Waals surface area contributed by atoms with Crippen LogP contribution in [0.25, 0.3) is 0 Å². The van der Waals surface area contributed by atoms with Crippen LogP contribution in [0.1, 0.15) is 21.8 Å². The van der Waals surface area contributed by atoms with E-state index in [4.69, 9.17) is 9.26 Å². The van der Waals surface area contributed by atoms with Gasteiger partial charge in [0.2, 0.25) is 0 Å². The summed E-state index contributed by atoms with van der Waals surface area (Å²) in [6, 6.07) is 5.07. The lowest BCUT2D eigenvalue weighted by molar-refractivity contribution is -0.123. The number of aryl methyl sites for hydroxylation is 1. The summed E-state index contributed by atoms with van der Waals surface area (Å²) in [7, 11) is 1.47. The Bertz CT molecular complexity index is 672. The molecule has 0 saturated carbocycles. The van der Waals surface area contributed by atoms with Crippen molar-refractivity contribution in [3.05, 3.63) is 41.4 Å². The van der Waals surface area contributed by atoms with Crippen LogP contribution in [0.5, 0.6) is 0 Å². The zero-order chi connectivity index (χ0) is 15.9. The molecule has 2 aromatic heterocycles. The molecule has 0 aromatic carbocycles. The maximum atomic E-state index is 12.0. The van der Waals surface area contributed by atoms with Gasteiger partial charge >= 0.3 is 5.97 Å². The fourth-order valence-corrected chi connectivity index (χ4v) is 2.43. The predicted molar refractivity (Wildman–Crippen MR) is 79.4 cm³/mol. The fourth-order valence-electron chi connectivity index (χ4n) is 1.57. The number of nitrogens with zero attached hydrogens (tertiary/aromatic N) is 2. The molecule has 22 heavy (non-hydrogen) atoms. The number of esters is 1. The Labute approximate surface area is 131 Å². The van der Waals surface area contributed by atoms with Gasteiger partial charge in [-0.25, -0.2) is 9.78 Å². The molecule has 0 unspecified atom stereocenters. The summed E-state index contributed by atoms with van der Waals surface area (Å²) in [5.74, 6) is 0.284. The molecule has 0 bridgehead atoms. The lowest BCUT2D eigenvalue weighted by atomic mass is 10.3. The average molecular weight is 321 g/mol. The molecule has 2 heterocycles. The highest BCUT2D eigenvalue weighted by Gasteiger charge is 2.16. The normalized spacial score (nSPS) is 10.3. The predicted octanol–water partition coefficient (Wildman–Crippen LogP) is 1.57. The SMILES string of the molecule is CNC(=O)COC(=O)c1cccnc1SCc1cc(C)on1. The van der Waals surface area contributed by atoms with Crippen LogP contribution >= 0.6 is 11.8 Å². The van der Waals surface area contributed by atoms with E-state index in [1.54, 1.807) is 18.3 Å². The van der Waals surface area contributed by atoms with Gasteiger partial charge in [-0.05, 0) is 19.1 Å². The van der Waals surface area contributed by atoms with Gasteiger partial charge < -0.3 is 14.6 Å². The number of carbonyl (C=O) groups is 2. The molecular weight excluding hydrogens is 306 g/mol. The number of hydrogen-bond donors (Lipinski definition) is 1. The number of carbonyl (C=O) groups excluding carboxylic acids is 2. The average Bonchev–Trinajstić information content (AvgIpc) is 2.96. The van der Waals surface area contributed by atoms with Crippen molar-refractivity contribution in [2.24, 2.45) is 0 Å². The molecule has 0 atom stereocenters. The Morgan fingerprint density at radius 2 is 2.27 bits per heavy atom. The van der Waals surface area contributed by atoms with E-state index in [9.17, 15) is 9.59 Å². The van der Waals surface area contributed by atoms with Crippen LogP contribution in [0, 0.1) is 6.92 Å². The molecule has 2 rings (SSSR count). The second-order valence-electron chi connectivity index (χ2n) is 4.32. The minimum atomic E-state index is -0.587. The van der Waals surface area contributed by atoms with E-state index < -0.39 is 5.97 Å². The summed E-state index contributed by atoms with van der Waals surface area (Å²) in [6.07, 6.45) is 1.59. The zero-order valence-electron chi connectivity index (χ0n) is 12.2. The highest BCUT2D eigenvalue weighted by molar-refractivity contribution is 7.98. The van der Waals surface area contributed by atoms with Crippen LogP contribution in [0.15, 0.2) is 33.9 Å². The zero-order valence-corrected chi connectivity index (χ0v) is 13.0. The third-order valence-electron chi connectivity index (χ3n) is 2.64. The highest BCUT2D eigenvalue weighted by Crippen LogP contribution is 2.24. The first-order valence-corrected chi connectivity index (χ1v) is 7.46.